The van der Waals surface area contributed by atoms with E-state index in [1.807, 2.05) is 0 Å². The van der Waals surface area contributed by atoms with Crippen LogP contribution in [0.3, 0.4) is 0 Å². The summed E-state index contributed by atoms with van der Waals surface area (Å²) in [6.07, 6.45) is 1.91. The van der Waals surface area contributed by atoms with Gasteiger partial charge in [0, 0.05) is 0 Å². The van der Waals surface area contributed by atoms with Gasteiger partial charge in [0.25, 0.3) is 0 Å². The fourth-order valence-electron chi connectivity index (χ4n) is 1.28. The molecule has 2 N–H and O–H groups in total. The van der Waals surface area contributed by atoms with Crippen molar-refractivity contribution in [2.75, 3.05) is 6.54 Å². The highest BCUT2D eigenvalue weighted by atomic mass is 16.2. The minimum atomic E-state index is -0.100. The van der Waals surface area contributed by atoms with Crippen LogP contribution in [-0.4, -0.2) is 18.1 Å². The Morgan fingerprint density at radius 2 is 2.10 bits per heavy atom. The first-order valence-electron chi connectivity index (χ1n) is 3.78. The summed E-state index contributed by atoms with van der Waals surface area (Å²) >= 11 is 0. The molecule has 0 radical (unpaired) electrons. The summed E-state index contributed by atoms with van der Waals surface area (Å²) in [7, 11) is 0. The van der Waals surface area contributed by atoms with Crippen LogP contribution in [0.25, 0.3) is 0 Å². The molecule has 0 unspecified atom stereocenters. The van der Waals surface area contributed by atoms with Gasteiger partial charge < -0.3 is 5.32 Å². The molecule has 0 spiro atoms. The number of rotatable bonds is 2. The molecule has 0 aliphatic carbocycles. The molecule has 3 heteroatoms. The Morgan fingerprint density at radius 1 is 1.50 bits per heavy atom. The number of carbonyl (C=O) groups is 1. The molecule has 1 fully saturated rings. The predicted molar refractivity (Wildman–Crippen MR) is 39.5 cm³/mol. The number of amides is 1. The Labute approximate surface area is 61.2 Å². The summed E-state index contributed by atoms with van der Waals surface area (Å²) in [6, 6.07) is 0. The number of hydrogen-bond acceptors (Lipinski definition) is 2. The number of hydrogen-bond donors (Lipinski definition) is 2. The molecule has 3 nitrogen and oxygen atoms in total. The largest absolute Gasteiger partial charge is 0.337 e. The van der Waals surface area contributed by atoms with Gasteiger partial charge in [-0.25, -0.2) is 0 Å². The average Bonchev–Trinajstić information content (AvgIpc) is 2.33. The van der Waals surface area contributed by atoms with E-state index in [2.05, 4.69) is 24.5 Å². The van der Waals surface area contributed by atoms with Crippen molar-refractivity contribution in [2.24, 2.45) is 0 Å². The highest BCUT2D eigenvalue weighted by Gasteiger charge is 2.32. The van der Waals surface area contributed by atoms with Crippen LogP contribution in [0.4, 0.5) is 0 Å². The van der Waals surface area contributed by atoms with Crippen molar-refractivity contribution in [3.63, 3.8) is 0 Å². The zero-order chi connectivity index (χ0) is 7.61. The van der Waals surface area contributed by atoms with E-state index < -0.39 is 0 Å². The maximum atomic E-state index is 10.8. The minimum Gasteiger partial charge on any atom is -0.337 e. The van der Waals surface area contributed by atoms with E-state index in [4.69, 9.17) is 0 Å². The van der Waals surface area contributed by atoms with E-state index in [0.717, 1.165) is 12.8 Å². The zero-order valence-corrected chi connectivity index (χ0v) is 6.53. The highest BCUT2D eigenvalue weighted by Crippen LogP contribution is 2.13. The third-order valence-electron chi connectivity index (χ3n) is 2.17. The summed E-state index contributed by atoms with van der Waals surface area (Å²) < 4.78 is 0. The van der Waals surface area contributed by atoms with Crippen molar-refractivity contribution in [1.82, 2.24) is 10.6 Å². The van der Waals surface area contributed by atoms with E-state index >= 15 is 0 Å². The SMILES string of the molecule is CCC1(CC)NCC(=O)N1. The lowest BCUT2D eigenvalue weighted by molar-refractivity contribution is -0.118. The van der Waals surface area contributed by atoms with E-state index in [-0.39, 0.29) is 11.6 Å². The predicted octanol–water partition coefficient (Wildman–Crippen LogP) is 0.222. The first-order valence-corrected chi connectivity index (χ1v) is 3.78. The van der Waals surface area contributed by atoms with Crippen molar-refractivity contribution in [3.8, 4) is 0 Å². The lowest BCUT2D eigenvalue weighted by Gasteiger charge is -2.25. The average molecular weight is 142 g/mol. The Hall–Kier alpha value is -0.570. The molecule has 10 heavy (non-hydrogen) atoms. The summed E-state index contributed by atoms with van der Waals surface area (Å²) in [5, 5.41) is 6.08. The smallest absolute Gasteiger partial charge is 0.235 e. The van der Waals surface area contributed by atoms with Gasteiger partial charge in [-0.15, -0.1) is 0 Å². The Balaban J connectivity index is 2.59. The first kappa shape index (κ1) is 7.54. The second-order valence-electron chi connectivity index (χ2n) is 2.69. The molecular formula is C7H14N2O. The molecule has 1 saturated heterocycles. The van der Waals surface area contributed by atoms with Gasteiger partial charge in [-0.05, 0) is 12.8 Å². The lowest BCUT2D eigenvalue weighted by Crippen LogP contribution is -2.48. The van der Waals surface area contributed by atoms with Gasteiger partial charge in [-0.2, -0.15) is 0 Å². The molecular weight excluding hydrogens is 128 g/mol. The first-order chi connectivity index (χ1) is 4.72. The van der Waals surface area contributed by atoms with Crippen LogP contribution in [0.5, 0.6) is 0 Å². The summed E-state index contributed by atoms with van der Waals surface area (Å²) in [6.45, 7) is 4.62. The molecule has 0 atom stereocenters. The number of nitrogens with one attached hydrogen (secondary N) is 2. The molecule has 0 aromatic rings. The van der Waals surface area contributed by atoms with Gasteiger partial charge in [0.1, 0.15) is 0 Å². The van der Waals surface area contributed by atoms with Crippen molar-refractivity contribution in [3.05, 3.63) is 0 Å². The van der Waals surface area contributed by atoms with Crippen LogP contribution in [-0.2, 0) is 4.79 Å². The van der Waals surface area contributed by atoms with E-state index in [9.17, 15) is 4.79 Å². The summed E-state index contributed by atoms with van der Waals surface area (Å²) in [4.78, 5) is 10.8. The number of carbonyl (C=O) groups excluding carboxylic acids is 1. The zero-order valence-electron chi connectivity index (χ0n) is 6.53. The lowest BCUT2D eigenvalue weighted by atomic mass is 10.1. The summed E-state index contributed by atoms with van der Waals surface area (Å²) in [5.74, 6) is 0.115. The normalized spacial score (nSPS) is 22.8. The fourth-order valence-corrected chi connectivity index (χ4v) is 1.28. The minimum absolute atomic E-state index is 0.100. The summed E-state index contributed by atoms with van der Waals surface area (Å²) in [5.41, 5.74) is -0.100. The Morgan fingerprint density at radius 3 is 2.30 bits per heavy atom. The van der Waals surface area contributed by atoms with Gasteiger partial charge in [-0.3, -0.25) is 10.1 Å². The van der Waals surface area contributed by atoms with Gasteiger partial charge in [0.2, 0.25) is 5.91 Å². The molecule has 1 heterocycles. The van der Waals surface area contributed by atoms with Crippen LogP contribution in [0.15, 0.2) is 0 Å². The van der Waals surface area contributed by atoms with Crippen LogP contribution in [0, 0.1) is 0 Å². The molecule has 0 saturated carbocycles. The second kappa shape index (κ2) is 2.58. The van der Waals surface area contributed by atoms with Crippen LogP contribution in [0.2, 0.25) is 0 Å². The molecule has 1 aliphatic heterocycles. The van der Waals surface area contributed by atoms with Crippen molar-refractivity contribution >= 4 is 5.91 Å². The van der Waals surface area contributed by atoms with E-state index in [1.54, 1.807) is 0 Å². The Bertz CT molecular complexity index is 141. The third kappa shape index (κ3) is 1.14. The van der Waals surface area contributed by atoms with Crippen molar-refractivity contribution in [1.29, 1.82) is 0 Å². The third-order valence-corrected chi connectivity index (χ3v) is 2.17. The maximum absolute atomic E-state index is 10.8. The topological polar surface area (TPSA) is 41.1 Å². The molecule has 0 bridgehead atoms. The molecule has 0 aromatic heterocycles. The standard InChI is InChI=1S/C7H14N2O/c1-3-7(4-2)8-5-6(10)9-7/h8H,3-5H2,1-2H3,(H,9,10). The Kier molecular flexibility index (Phi) is 1.94. The van der Waals surface area contributed by atoms with Crippen molar-refractivity contribution < 1.29 is 4.79 Å². The highest BCUT2D eigenvalue weighted by molar-refractivity contribution is 5.81. The molecule has 1 aliphatic rings. The van der Waals surface area contributed by atoms with Gasteiger partial charge in [0.15, 0.2) is 0 Å². The molecule has 0 aromatic carbocycles. The van der Waals surface area contributed by atoms with Crippen LogP contribution < -0.4 is 10.6 Å². The van der Waals surface area contributed by atoms with E-state index in [1.165, 1.54) is 0 Å². The molecule has 1 rings (SSSR count). The van der Waals surface area contributed by atoms with Gasteiger partial charge in [-0.1, -0.05) is 13.8 Å². The fraction of sp³-hybridized carbons (Fsp3) is 0.857. The van der Waals surface area contributed by atoms with E-state index in [0.29, 0.717) is 6.54 Å². The van der Waals surface area contributed by atoms with Gasteiger partial charge >= 0.3 is 0 Å². The molecule has 58 valence electrons. The maximum Gasteiger partial charge on any atom is 0.235 e. The van der Waals surface area contributed by atoms with Crippen LogP contribution in [0.1, 0.15) is 26.7 Å². The molecule has 1 amide bonds. The van der Waals surface area contributed by atoms with Crippen LogP contribution >= 0.6 is 0 Å². The monoisotopic (exact) mass is 142 g/mol. The second-order valence-corrected chi connectivity index (χ2v) is 2.69. The van der Waals surface area contributed by atoms with Gasteiger partial charge in [0.05, 0.1) is 12.2 Å². The van der Waals surface area contributed by atoms with Crippen molar-refractivity contribution in [2.45, 2.75) is 32.4 Å². The quantitative estimate of drug-likeness (QED) is 0.579.